The van der Waals surface area contributed by atoms with Crippen LogP contribution in [0, 0.1) is 0 Å². The van der Waals surface area contributed by atoms with Crippen molar-refractivity contribution in [3.8, 4) is 0 Å². The second-order valence-corrected chi connectivity index (χ2v) is 3.02. The van der Waals surface area contributed by atoms with Gasteiger partial charge in [0, 0.05) is 6.54 Å². The fourth-order valence-corrected chi connectivity index (χ4v) is 1.18. The standard InChI is InChI=1S/C9H9N.C2H2O4/c1-2-4-9-7-10-6-5-8(9)3-1;3-1(4)2(5)6/h1-6,10H,7H2;(H,3,4)(H,5,6). The average molecular weight is 221 g/mol. The second kappa shape index (κ2) is 5.55. The third kappa shape index (κ3) is 3.45. The smallest absolute Gasteiger partial charge is 0.414 e. The fourth-order valence-electron chi connectivity index (χ4n) is 1.18. The third-order valence-corrected chi connectivity index (χ3v) is 1.91. The lowest BCUT2D eigenvalue weighted by atomic mass is 10.1. The summed E-state index contributed by atoms with van der Waals surface area (Å²) in [6.07, 6.45) is 4.08. The highest BCUT2D eigenvalue weighted by atomic mass is 16.4. The van der Waals surface area contributed by atoms with Gasteiger partial charge in [-0.25, -0.2) is 9.59 Å². The Kier molecular flexibility index (Phi) is 4.08. The van der Waals surface area contributed by atoms with E-state index in [2.05, 4.69) is 35.7 Å². The number of carboxylic acids is 2. The van der Waals surface area contributed by atoms with E-state index in [0.29, 0.717) is 0 Å². The first-order valence-electron chi connectivity index (χ1n) is 4.55. The van der Waals surface area contributed by atoms with E-state index >= 15 is 0 Å². The molecule has 0 aliphatic carbocycles. The fraction of sp³-hybridized carbons (Fsp3) is 0.0909. The first kappa shape index (κ1) is 11.8. The Hall–Kier alpha value is -2.30. The summed E-state index contributed by atoms with van der Waals surface area (Å²) in [5, 5.41) is 17.9. The van der Waals surface area contributed by atoms with Crippen LogP contribution < -0.4 is 5.32 Å². The summed E-state index contributed by atoms with van der Waals surface area (Å²) in [4.78, 5) is 18.2. The van der Waals surface area contributed by atoms with Gasteiger partial charge in [-0.1, -0.05) is 24.3 Å². The Bertz CT molecular complexity index is 414. The lowest BCUT2D eigenvalue weighted by molar-refractivity contribution is -0.159. The summed E-state index contributed by atoms with van der Waals surface area (Å²) in [5.74, 6) is -3.65. The lowest BCUT2D eigenvalue weighted by Crippen LogP contribution is -2.09. The minimum absolute atomic E-state index is 0.965. The van der Waals surface area contributed by atoms with Crippen LogP contribution in [0.2, 0.25) is 0 Å². The average Bonchev–Trinajstić information content (AvgIpc) is 2.30. The van der Waals surface area contributed by atoms with Crippen molar-refractivity contribution in [1.82, 2.24) is 5.32 Å². The lowest BCUT2D eigenvalue weighted by Gasteiger charge is -2.10. The number of nitrogens with one attached hydrogen (secondary N) is 1. The second-order valence-electron chi connectivity index (χ2n) is 3.02. The van der Waals surface area contributed by atoms with E-state index in [-0.39, 0.29) is 0 Å². The van der Waals surface area contributed by atoms with E-state index in [1.165, 1.54) is 11.1 Å². The van der Waals surface area contributed by atoms with E-state index in [1.54, 1.807) is 0 Å². The monoisotopic (exact) mass is 221 g/mol. The van der Waals surface area contributed by atoms with Crippen LogP contribution in [-0.2, 0) is 16.1 Å². The molecule has 0 spiro atoms. The molecule has 0 radical (unpaired) electrons. The molecule has 3 N–H and O–H groups in total. The summed E-state index contributed by atoms with van der Waals surface area (Å²) in [7, 11) is 0. The molecule has 0 saturated carbocycles. The van der Waals surface area contributed by atoms with Gasteiger partial charge in [0.2, 0.25) is 0 Å². The summed E-state index contributed by atoms with van der Waals surface area (Å²) in [5.41, 5.74) is 2.71. The largest absolute Gasteiger partial charge is 0.473 e. The predicted molar refractivity (Wildman–Crippen MR) is 57.6 cm³/mol. The van der Waals surface area contributed by atoms with Crippen molar-refractivity contribution in [1.29, 1.82) is 0 Å². The van der Waals surface area contributed by atoms with E-state index < -0.39 is 11.9 Å². The van der Waals surface area contributed by atoms with Gasteiger partial charge in [-0.2, -0.15) is 0 Å². The Labute approximate surface area is 92.0 Å². The van der Waals surface area contributed by atoms with Gasteiger partial charge in [-0.15, -0.1) is 0 Å². The van der Waals surface area contributed by atoms with Gasteiger partial charge in [-0.05, 0) is 23.4 Å². The molecule has 0 amide bonds. The number of hydrogen-bond donors (Lipinski definition) is 3. The van der Waals surface area contributed by atoms with E-state index in [4.69, 9.17) is 19.8 Å². The number of carbonyl (C=O) groups is 2. The summed E-state index contributed by atoms with van der Waals surface area (Å²) < 4.78 is 0. The quantitative estimate of drug-likeness (QED) is 0.567. The van der Waals surface area contributed by atoms with Crippen molar-refractivity contribution in [3.63, 3.8) is 0 Å². The minimum atomic E-state index is -1.82. The van der Waals surface area contributed by atoms with E-state index in [1.807, 2.05) is 6.20 Å². The first-order chi connectivity index (χ1) is 7.61. The van der Waals surface area contributed by atoms with Crippen molar-refractivity contribution in [3.05, 3.63) is 41.6 Å². The van der Waals surface area contributed by atoms with Crippen LogP contribution in [0.1, 0.15) is 11.1 Å². The number of rotatable bonds is 0. The number of benzene rings is 1. The molecule has 1 aromatic rings. The molecule has 0 fully saturated rings. The highest BCUT2D eigenvalue weighted by Crippen LogP contribution is 2.12. The van der Waals surface area contributed by atoms with Gasteiger partial charge in [0.15, 0.2) is 0 Å². The first-order valence-corrected chi connectivity index (χ1v) is 4.55. The molecule has 0 atom stereocenters. The van der Waals surface area contributed by atoms with E-state index in [9.17, 15) is 0 Å². The Morgan fingerprint density at radius 1 is 1.12 bits per heavy atom. The molecule has 1 aliphatic rings. The number of aliphatic carboxylic acids is 2. The normalized spacial score (nSPS) is 11.5. The molecule has 0 unspecified atom stereocenters. The zero-order valence-corrected chi connectivity index (χ0v) is 8.38. The van der Waals surface area contributed by atoms with Gasteiger partial charge in [-0.3, -0.25) is 0 Å². The SMILES string of the molecule is C1=Cc2ccccc2CN1.O=C(O)C(=O)O. The maximum absolute atomic E-state index is 9.10. The molecule has 0 saturated heterocycles. The molecule has 2 rings (SSSR count). The van der Waals surface area contributed by atoms with Crippen LogP contribution in [0.15, 0.2) is 30.5 Å². The van der Waals surface area contributed by atoms with Crippen molar-refractivity contribution in [2.75, 3.05) is 0 Å². The summed E-state index contributed by atoms with van der Waals surface area (Å²) in [6.45, 7) is 0.965. The molecule has 84 valence electrons. The topological polar surface area (TPSA) is 86.6 Å². The van der Waals surface area contributed by atoms with Crippen LogP contribution >= 0.6 is 0 Å². The maximum atomic E-state index is 9.10. The van der Waals surface area contributed by atoms with Crippen molar-refractivity contribution < 1.29 is 19.8 Å². The maximum Gasteiger partial charge on any atom is 0.414 e. The highest BCUT2D eigenvalue weighted by Gasteiger charge is 2.04. The summed E-state index contributed by atoms with van der Waals surface area (Å²) in [6, 6.07) is 8.41. The number of fused-ring (bicyclic) bond motifs is 1. The van der Waals surface area contributed by atoms with Gasteiger partial charge in [0.25, 0.3) is 0 Å². The Morgan fingerprint density at radius 2 is 1.75 bits per heavy atom. The molecule has 0 aromatic heterocycles. The number of carboxylic acid groups (broad SMARTS) is 2. The Morgan fingerprint density at radius 3 is 2.31 bits per heavy atom. The third-order valence-electron chi connectivity index (χ3n) is 1.91. The van der Waals surface area contributed by atoms with Gasteiger partial charge < -0.3 is 15.5 Å². The van der Waals surface area contributed by atoms with Crippen LogP contribution in [0.5, 0.6) is 0 Å². The zero-order valence-electron chi connectivity index (χ0n) is 8.38. The van der Waals surface area contributed by atoms with Crippen LogP contribution in [0.4, 0.5) is 0 Å². The van der Waals surface area contributed by atoms with Crippen LogP contribution in [0.25, 0.3) is 6.08 Å². The predicted octanol–water partition coefficient (Wildman–Crippen LogP) is 0.916. The molecule has 1 heterocycles. The van der Waals surface area contributed by atoms with Gasteiger partial charge in [0.1, 0.15) is 0 Å². The van der Waals surface area contributed by atoms with Gasteiger partial charge in [0.05, 0.1) is 0 Å². The molecule has 0 bridgehead atoms. The molecular weight excluding hydrogens is 210 g/mol. The molecular formula is C11H11NO4. The van der Waals surface area contributed by atoms with Gasteiger partial charge >= 0.3 is 11.9 Å². The Balaban J connectivity index is 0.000000187. The van der Waals surface area contributed by atoms with E-state index in [0.717, 1.165) is 6.54 Å². The van der Waals surface area contributed by atoms with Crippen molar-refractivity contribution in [2.24, 2.45) is 0 Å². The minimum Gasteiger partial charge on any atom is -0.473 e. The molecule has 1 aliphatic heterocycles. The molecule has 16 heavy (non-hydrogen) atoms. The molecule has 5 heteroatoms. The van der Waals surface area contributed by atoms with Crippen LogP contribution in [0.3, 0.4) is 0 Å². The van der Waals surface area contributed by atoms with Crippen LogP contribution in [-0.4, -0.2) is 22.2 Å². The number of hydrogen-bond acceptors (Lipinski definition) is 3. The molecule has 5 nitrogen and oxygen atoms in total. The highest BCUT2D eigenvalue weighted by molar-refractivity contribution is 6.27. The summed E-state index contributed by atoms with van der Waals surface area (Å²) >= 11 is 0. The zero-order chi connectivity index (χ0) is 12.0. The van der Waals surface area contributed by atoms with Crippen molar-refractivity contribution in [2.45, 2.75) is 6.54 Å². The molecule has 1 aromatic carbocycles. The van der Waals surface area contributed by atoms with Crippen molar-refractivity contribution >= 4 is 18.0 Å².